The first-order chi connectivity index (χ1) is 16.7. The molecule has 9 heteroatoms. The molecule has 1 heterocycles. The molecule has 0 saturated carbocycles. The largest absolute Gasteiger partial charge is 0.508 e. The quantitative estimate of drug-likeness (QED) is 0.179. The molecule has 4 aromatic carbocycles. The first-order valence-corrected chi connectivity index (χ1v) is 11.4. The summed E-state index contributed by atoms with van der Waals surface area (Å²) in [5, 5.41) is 25.9. The van der Waals surface area contributed by atoms with Gasteiger partial charge in [0, 0.05) is 32.9 Å². The van der Waals surface area contributed by atoms with Crippen LogP contribution >= 0.6 is 15.9 Å². The Kier molecular flexibility index (Phi) is 5.29. The molecular formula is C26H18BrN3O5. The van der Waals surface area contributed by atoms with E-state index in [-0.39, 0.29) is 33.9 Å². The minimum absolute atomic E-state index is 0.0370. The monoisotopic (exact) mass is 531 g/mol. The van der Waals surface area contributed by atoms with Gasteiger partial charge in [-0.05, 0) is 71.2 Å². The Hall–Kier alpha value is -4.24. The first kappa shape index (κ1) is 22.5. The Morgan fingerprint density at radius 3 is 2.34 bits per heavy atom. The summed E-state index contributed by atoms with van der Waals surface area (Å²) in [7, 11) is 0. The van der Waals surface area contributed by atoms with Crippen LogP contribution in [-0.4, -0.2) is 21.8 Å². The van der Waals surface area contributed by atoms with Gasteiger partial charge in [0.25, 0.3) is 17.5 Å². The van der Waals surface area contributed by atoms with Crippen LogP contribution in [-0.2, 0) is 0 Å². The van der Waals surface area contributed by atoms with Gasteiger partial charge in [0.2, 0.25) is 0 Å². The second-order valence-electron chi connectivity index (χ2n) is 8.31. The number of nitro benzene ring substituents is 1. The van der Waals surface area contributed by atoms with Crippen LogP contribution in [0.1, 0.15) is 31.8 Å². The predicted octanol–water partition coefficient (Wildman–Crippen LogP) is 6.38. The van der Waals surface area contributed by atoms with Crippen molar-refractivity contribution in [3.63, 3.8) is 0 Å². The van der Waals surface area contributed by atoms with E-state index in [1.165, 1.54) is 30.3 Å². The highest BCUT2D eigenvalue weighted by molar-refractivity contribution is 9.10. The molecule has 0 atom stereocenters. The molecule has 174 valence electrons. The second-order valence-corrected chi connectivity index (χ2v) is 9.16. The number of nitro groups is 1. The molecule has 2 N–H and O–H groups in total. The van der Waals surface area contributed by atoms with Crippen LogP contribution in [0.3, 0.4) is 0 Å². The SMILES string of the molecule is Cc1cc(Br)c(Nc2c([N+](=O)[O-])cc3c4c(cccc24)C(=O)N(c2cccc(O)c2)C3=O)cc1C. The number of carbonyl (C=O) groups excluding carboxylic acids is 2. The summed E-state index contributed by atoms with van der Waals surface area (Å²) in [6.07, 6.45) is 0. The number of imide groups is 1. The number of aromatic hydroxyl groups is 1. The number of carbonyl (C=O) groups is 2. The lowest BCUT2D eigenvalue weighted by molar-refractivity contribution is -0.383. The third-order valence-electron chi connectivity index (χ3n) is 6.14. The van der Waals surface area contributed by atoms with Crippen LogP contribution in [0.2, 0.25) is 0 Å². The van der Waals surface area contributed by atoms with Gasteiger partial charge in [-0.3, -0.25) is 19.7 Å². The highest BCUT2D eigenvalue weighted by Gasteiger charge is 2.37. The van der Waals surface area contributed by atoms with Crippen LogP contribution in [0, 0.1) is 24.0 Å². The topological polar surface area (TPSA) is 113 Å². The number of hydrogen-bond acceptors (Lipinski definition) is 6. The number of rotatable bonds is 4. The van der Waals surface area contributed by atoms with Gasteiger partial charge in [-0.25, -0.2) is 4.90 Å². The van der Waals surface area contributed by atoms with Gasteiger partial charge < -0.3 is 10.4 Å². The van der Waals surface area contributed by atoms with Crippen LogP contribution in [0.4, 0.5) is 22.7 Å². The van der Waals surface area contributed by atoms with Crippen molar-refractivity contribution in [2.75, 3.05) is 10.2 Å². The lowest BCUT2D eigenvalue weighted by Crippen LogP contribution is -2.40. The number of benzene rings is 4. The zero-order chi connectivity index (χ0) is 25.0. The van der Waals surface area contributed by atoms with Gasteiger partial charge in [-0.1, -0.05) is 18.2 Å². The summed E-state index contributed by atoms with van der Waals surface area (Å²) in [5.41, 5.74) is 3.00. The molecule has 0 radical (unpaired) electrons. The normalized spacial score (nSPS) is 12.8. The highest BCUT2D eigenvalue weighted by Crippen LogP contribution is 2.43. The molecular weight excluding hydrogens is 514 g/mol. The van der Waals surface area contributed by atoms with Crippen molar-refractivity contribution in [2.45, 2.75) is 13.8 Å². The Labute approximate surface area is 208 Å². The molecule has 0 aromatic heterocycles. The number of anilines is 3. The predicted molar refractivity (Wildman–Crippen MR) is 137 cm³/mol. The van der Waals surface area contributed by atoms with Gasteiger partial charge in [0.05, 0.1) is 21.9 Å². The second kappa shape index (κ2) is 8.21. The number of nitrogens with one attached hydrogen (secondary N) is 1. The summed E-state index contributed by atoms with van der Waals surface area (Å²) >= 11 is 3.51. The Morgan fingerprint density at radius 2 is 1.63 bits per heavy atom. The summed E-state index contributed by atoms with van der Waals surface area (Å²) in [4.78, 5) is 39.4. The minimum atomic E-state index is -0.702. The fourth-order valence-electron chi connectivity index (χ4n) is 4.30. The van der Waals surface area contributed by atoms with Crippen molar-refractivity contribution < 1.29 is 19.6 Å². The fourth-order valence-corrected chi connectivity index (χ4v) is 4.86. The molecule has 0 spiro atoms. The van der Waals surface area contributed by atoms with E-state index in [9.17, 15) is 24.8 Å². The van der Waals surface area contributed by atoms with Gasteiger partial charge >= 0.3 is 0 Å². The third kappa shape index (κ3) is 3.60. The van der Waals surface area contributed by atoms with Gasteiger partial charge in [0.1, 0.15) is 11.4 Å². The van der Waals surface area contributed by atoms with E-state index in [1.54, 1.807) is 18.2 Å². The van der Waals surface area contributed by atoms with E-state index in [2.05, 4.69) is 21.2 Å². The Morgan fingerprint density at radius 1 is 0.943 bits per heavy atom. The number of amides is 2. The molecule has 5 rings (SSSR count). The number of aryl methyl sites for hydroxylation is 2. The summed E-state index contributed by atoms with van der Waals surface area (Å²) in [6.45, 7) is 3.90. The zero-order valence-electron chi connectivity index (χ0n) is 18.6. The lowest BCUT2D eigenvalue weighted by Gasteiger charge is -2.28. The van der Waals surface area contributed by atoms with Crippen LogP contribution in [0.15, 0.2) is 65.1 Å². The number of hydrogen-bond donors (Lipinski definition) is 2. The average molecular weight is 532 g/mol. The van der Waals surface area contributed by atoms with Crippen LogP contribution < -0.4 is 10.2 Å². The van der Waals surface area contributed by atoms with E-state index >= 15 is 0 Å². The fraction of sp³-hybridized carbons (Fsp3) is 0.0769. The number of phenols is 1. The number of halogens is 1. The minimum Gasteiger partial charge on any atom is -0.508 e. The first-order valence-electron chi connectivity index (χ1n) is 10.6. The standard InChI is InChI=1S/C26H18BrN3O5/c1-13-9-20(27)21(10-14(13)2)28-24-17-7-4-8-18-23(17)19(12-22(24)30(34)35)26(33)29(25(18)32)15-5-3-6-16(31)11-15/h3-12,28,31H,1-2H3. The smallest absolute Gasteiger partial charge is 0.294 e. The highest BCUT2D eigenvalue weighted by atomic mass is 79.9. The van der Waals surface area contributed by atoms with Crippen molar-refractivity contribution in [3.05, 3.63) is 97.5 Å². The lowest BCUT2D eigenvalue weighted by atomic mass is 9.91. The van der Waals surface area contributed by atoms with E-state index in [0.29, 0.717) is 16.5 Å². The van der Waals surface area contributed by atoms with E-state index in [0.717, 1.165) is 20.5 Å². The number of phenolic OH excluding ortho intramolecular Hbond substituents is 1. The van der Waals surface area contributed by atoms with Crippen LogP contribution in [0.5, 0.6) is 5.75 Å². The summed E-state index contributed by atoms with van der Waals surface area (Å²) in [5.74, 6) is -1.39. The van der Waals surface area contributed by atoms with Crippen LogP contribution in [0.25, 0.3) is 10.8 Å². The number of nitrogens with zero attached hydrogens (tertiary/aromatic N) is 2. The molecule has 0 unspecified atom stereocenters. The molecule has 8 nitrogen and oxygen atoms in total. The Balaban J connectivity index is 1.76. The molecule has 1 aliphatic heterocycles. The summed E-state index contributed by atoms with van der Waals surface area (Å²) < 4.78 is 0.720. The zero-order valence-corrected chi connectivity index (χ0v) is 20.2. The van der Waals surface area contributed by atoms with E-state index in [4.69, 9.17) is 0 Å². The average Bonchev–Trinajstić information content (AvgIpc) is 2.81. The van der Waals surface area contributed by atoms with E-state index in [1.807, 2.05) is 26.0 Å². The van der Waals surface area contributed by atoms with Crippen molar-refractivity contribution in [3.8, 4) is 5.75 Å². The Bertz CT molecular complexity index is 1600. The third-order valence-corrected chi connectivity index (χ3v) is 6.79. The molecule has 4 aromatic rings. The molecule has 1 aliphatic rings. The van der Waals surface area contributed by atoms with Gasteiger partial charge in [0.15, 0.2) is 0 Å². The van der Waals surface area contributed by atoms with Crippen molar-refractivity contribution in [1.82, 2.24) is 0 Å². The van der Waals surface area contributed by atoms with E-state index < -0.39 is 16.7 Å². The van der Waals surface area contributed by atoms with Gasteiger partial charge in [-0.15, -0.1) is 0 Å². The van der Waals surface area contributed by atoms with Crippen molar-refractivity contribution in [1.29, 1.82) is 0 Å². The maximum atomic E-state index is 13.5. The van der Waals surface area contributed by atoms with Crippen molar-refractivity contribution >= 4 is 61.3 Å². The van der Waals surface area contributed by atoms with Gasteiger partial charge in [-0.2, -0.15) is 0 Å². The molecule has 0 fully saturated rings. The maximum absolute atomic E-state index is 13.5. The molecule has 35 heavy (non-hydrogen) atoms. The molecule has 0 saturated heterocycles. The molecule has 2 amide bonds. The molecule has 0 aliphatic carbocycles. The maximum Gasteiger partial charge on any atom is 0.294 e. The molecule has 0 bridgehead atoms. The van der Waals surface area contributed by atoms with Crippen molar-refractivity contribution in [2.24, 2.45) is 0 Å². The summed E-state index contributed by atoms with van der Waals surface area (Å²) in [6, 6.07) is 15.6.